The highest BCUT2D eigenvalue weighted by Gasteiger charge is 2.09. The Bertz CT molecular complexity index is 969. The van der Waals surface area contributed by atoms with Gasteiger partial charge < -0.3 is 14.9 Å². The van der Waals surface area contributed by atoms with Crippen LogP contribution in [0.5, 0.6) is 5.88 Å². The van der Waals surface area contributed by atoms with Gasteiger partial charge in [0.15, 0.2) is 5.78 Å². The van der Waals surface area contributed by atoms with Gasteiger partial charge in [-0.05, 0) is 37.4 Å². The maximum atomic E-state index is 12.4. The van der Waals surface area contributed by atoms with Crippen molar-refractivity contribution in [2.45, 2.75) is 0 Å². The standard InChI is InChI=1S/C20H21BrN2O2.C4H4O4/c1-3-12-23(2)13-4-5-14-25-19-11-8-17(15-22-19)20(24)16-6-9-18(21)10-7-16;5-3(6)1-2-4(7)8/h3-11,15H,1,12-14H2,2H3;1-2H,(H,5,6)(H,7,8). The largest absolute Gasteiger partial charge is 0.478 e. The second-order valence-corrected chi connectivity index (χ2v) is 7.44. The van der Waals surface area contributed by atoms with Crippen molar-refractivity contribution in [2.24, 2.45) is 0 Å². The van der Waals surface area contributed by atoms with E-state index in [-0.39, 0.29) is 5.78 Å². The molecule has 0 unspecified atom stereocenters. The Morgan fingerprint density at radius 2 is 1.61 bits per heavy atom. The van der Waals surface area contributed by atoms with Gasteiger partial charge in [0, 0.05) is 53.1 Å². The molecule has 0 radical (unpaired) electrons. The first-order valence-electron chi connectivity index (χ1n) is 9.70. The summed E-state index contributed by atoms with van der Waals surface area (Å²) in [5.74, 6) is -2.08. The van der Waals surface area contributed by atoms with Gasteiger partial charge in [0.2, 0.25) is 5.88 Å². The molecular weight excluding hydrogens is 492 g/mol. The maximum absolute atomic E-state index is 12.4. The van der Waals surface area contributed by atoms with Crippen LogP contribution in [0, 0.1) is 0 Å². The average molecular weight is 517 g/mol. The van der Waals surface area contributed by atoms with E-state index in [9.17, 15) is 14.4 Å². The summed E-state index contributed by atoms with van der Waals surface area (Å²) in [7, 11) is 2.02. The maximum Gasteiger partial charge on any atom is 0.328 e. The van der Waals surface area contributed by atoms with Crippen LogP contribution in [0.1, 0.15) is 15.9 Å². The Morgan fingerprint density at radius 1 is 1.00 bits per heavy atom. The smallest absolute Gasteiger partial charge is 0.328 e. The number of aliphatic carboxylic acids is 2. The van der Waals surface area contributed by atoms with Crippen molar-refractivity contribution in [2.75, 3.05) is 26.7 Å². The highest BCUT2D eigenvalue weighted by atomic mass is 79.9. The summed E-state index contributed by atoms with van der Waals surface area (Å²) in [6.07, 6.45) is 8.51. The second kappa shape index (κ2) is 15.3. The van der Waals surface area contributed by atoms with Gasteiger partial charge in [-0.2, -0.15) is 0 Å². The predicted octanol–water partition coefficient (Wildman–Crippen LogP) is 3.84. The van der Waals surface area contributed by atoms with Gasteiger partial charge in [-0.15, -0.1) is 6.58 Å². The zero-order valence-electron chi connectivity index (χ0n) is 18.1. The van der Waals surface area contributed by atoms with E-state index in [1.54, 1.807) is 30.5 Å². The molecular formula is C24H25BrN2O6. The number of ether oxygens (including phenoxy) is 1. The van der Waals surface area contributed by atoms with Gasteiger partial charge in [0.05, 0.1) is 0 Å². The minimum absolute atomic E-state index is 0.0586. The fourth-order valence-electron chi connectivity index (χ4n) is 2.26. The van der Waals surface area contributed by atoms with E-state index >= 15 is 0 Å². The molecule has 33 heavy (non-hydrogen) atoms. The number of nitrogens with zero attached hydrogens (tertiary/aromatic N) is 2. The quantitative estimate of drug-likeness (QED) is 0.262. The predicted molar refractivity (Wildman–Crippen MR) is 129 cm³/mol. The minimum atomic E-state index is -1.26. The SMILES string of the molecule is C=CCN(C)CC=CCOc1ccc(C(=O)c2ccc(Br)cc2)cn1.O=C(O)C=CC(=O)O. The van der Waals surface area contributed by atoms with Gasteiger partial charge in [-0.1, -0.05) is 34.2 Å². The summed E-state index contributed by atoms with van der Waals surface area (Å²) >= 11 is 3.36. The first kappa shape index (κ1) is 27.5. The molecule has 8 nitrogen and oxygen atoms in total. The molecule has 2 aromatic rings. The molecule has 0 bridgehead atoms. The summed E-state index contributed by atoms with van der Waals surface area (Å²) in [6.45, 7) is 5.83. The van der Waals surface area contributed by atoms with Crippen molar-refractivity contribution in [1.29, 1.82) is 0 Å². The van der Waals surface area contributed by atoms with Crippen LogP contribution >= 0.6 is 15.9 Å². The normalized spacial score (nSPS) is 10.6. The van der Waals surface area contributed by atoms with Crippen LogP contribution in [-0.2, 0) is 9.59 Å². The molecule has 2 N–H and O–H groups in total. The molecule has 0 aliphatic rings. The number of hydrogen-bond donors (Lipinski definition) is 2. The molecule has 9 heteroatoms. The van der Waals surface area contributed by atoms with E-state index in [1.807, 2.05) is 37.4 Å². The zero-order chi connectivity index (χ0) is 24.6. The molecule has 2 rings (SSSR count). The number of pyridine rings is 1. The minimum Gasteiger partial charge on any atom is -0.478 e. The fraction of sp³-hybridized carbons (Fsp3) is 0.167. The van der Waals surface area contributed by atoms with Crippen molar-refractivity contribution in [3.8, 4) is 5.88 Å². The molecule has 0 aliphatic heterocycles. The van der Waals surface area contributed by atoms with Gasteiger partial charge in [-0.25, -0.2) is 14.6 Å². The van der Waals surface area contributed by atoms with E-state index < -0.39 is 11.9 Å². The molecule has 0 fully saturated rings. The third-order valence-corrected chi connectivity index (χ3v) is 4.35. The number of carbonyl (C=O) groups is 3. The number of aromatic nitrogens is 1. The summed E-state index contributed by atoms with van der Waals surface area (Å²) in [4.78, 5) is 37.8. The van der Waals surface area contributed by atoms with Crippen LogP contribution in [0.2, 0.25) is 0 Å². The lowest BCUT2D eigenvalue weighted by molar-refractivity contribution is -0.134. The molecule has 0 atom stereocenters. The van der Waals surface area contributed by atoms with Crippen LogP contribution < -0.4 is 4.74 Å². The third kappa shape index (κ3) is 12.2. The van der Waals surface area contributed by atoms with E-state index in [0.717, 1.165) is 17.6 Å². The highest BCUT2D eigenvalue weighted by molar-refractivity contribution is 9.10. The Morgan fingerprint density at radius 3 is 2.12 bits per heavy atom. The van der Waals surface area contributed by atoms with Crippen LogP contribution in [-0.4, -0.2) is 64.6 Å². The number of halogens is 1. The van der Waals surface area contributed by atoms with Crippen LogP contribution in [0.15, 0.2) is 84.0 Å². The topological polar surface area (TPSA) is 117 Å². The molecule has 0 saturated carbocycles. The number of benzene rings is 1. The first-order chi connectivity index (χ1) is 15.7. The average Bonchev–Trinajstić information content (AvgIpc) is 2.78. The number of likely N-dealkylation sites (N-methyl/N-ethyl adjacent to an activating group) is 1. The summed E-state index contributed by atoms with van der Waals surface area (Å²) < 4.78 is 6.49. The Labute approximate surface area is 200 Å². The molecule has 1 heterocycles. The van der Waals surface area contributed by atoms with Crippen molar-refractivity contribution < 1.29 is 29.3 Å². The Balaban J connectivity index is 0.000000582. The number of carbonyl (C=O) groups excluding carboxylic acids is 1. The summed E-state index contributed by atoms with van der Waals surface area (Å²) in [5, 5.41) is 15.6. The van der Waals surface area contributed by atoms with E-state index in [0.29, 0.717) is 35.8 Å². The first-order valence-corrected chi connectivity index (χ1v) is 10.5. The zero-order valence-corrected chi connectivity index (χ0v) is 19.6. The van der Waals surface area contributed by atoms with Crippen molar-refractivity contribution in [3.63, 3.8) is 0 Å². The van der Waals surface area contributed by atoms with Crippen LogP contribution in [0.4, 0.5) is 0 Å². The third-order valence-electron chi connectivity index (χ3n) is 3.83. The summed E-state index contributed by atoms with van der Waals surface area (Å²) in [5.41, 5.74) is 1.17. The number of carboxylic acid groups (broad SMARTS) is 2. The van der Waals surface area contributed by atoms with Crippen molar-refractivity contribution in [1.82, 2.24) is 9.88 Å². The lowest BCUT2D eigenvalue weighted by Gasteiger charge is -2.10. The highest BCUT2D eigenvalue weighted by Crippen LogP contribution is 2.15. The molecule has 0 aliphatic carbocycles. The Kier molecular flexibility index (Phi) is 12.7. The molecule has 1 aromatic carbocycles. The molecule has 0 spiro atoms. The fourth-order valence-corrected chi connectivity index (χ4v) is 2.53. The monoisotopic (exact) mass is 516 g/mol. The number of rotatable bonds is 11. The van der Waals surface area contributed by atoms with Crippen LogP contribution in [0.3, 0.4) is 0 Å². The number of carboxylic acids is 2. The molecule has 174 valence electrons. The van der Waals surface area contributed by atoms with Gasteiger partial charge in [0.25, 0.3) is 0 Å². The molecule has 1 aromatic heterocycles. The molecule has 0 amide bonds. The van der Waals surface area contributed by atoms with E-state index in [4.69, 9.17) is 14.9 Å². The number of ketones is 1. The van der Waals surface area contributed by atoms with Crippen LogP contribution in [0.25, 0.3) is 0 Å². The Hall–Kier alpha value is -3.56. The molecule has 0 saturated heterocycles. The van der Waals surface area contributed by atoms with Gasteiger partial charge in [0.1, 0.15) is 6.61 Å². The lowest BCUT2D eigenvalue weighted by Crippen LogP contribution is -2.17. The lowest BCUT2D eigenvalue weighted by atomic mass is 10.1. The van der Waals surface area contributed by atoms with E-state index in [2.05, 4.69) is 32.4 Å². The van der Waals surface area contributed by atoms with Crippen molar-refractivity contribution >= 4 is 33.7 Å². The van der Waals surface area contributed by atoms with Gasteiger partial charge >= 0.3 is 11.9 Å². The number of hydrogen-bond acceptors (Lipinski definition) is 6. The van der Waals surface area contributed by atoms with E-state index in [1.165, 1.54) is 0 Å². The van der Waals surface area contributed by atoms with Gasteiger partial charge in [-0.3, -0.25) is 9.69 Å². The summed E-state index contributed by atoms with van der Waals surface area (Å²) in [6, 6.07) is 10.7. The van der Waals surface area contributed by atoms with Crippen molar-refractivity contribution in [3.05, 3.63) is 95.2 Å². The second-order valence-electron chi connectivity index (χ2n) is 6.52.